The minimum atomic E-state index is 0.230. The summed E-state index contributed by atoms with van der Waals surface area (Å²) in [4.78, 5) is 7.02. The largest absolute Gasteiger partial charge is 0.309 e. The molecule has 0 radical (unpaired) electrons. The van der Waals surface area contributed by atoms with E-state index in [0.29, 0.717) is 12.0 Å². The molecule has 0 amide bonds. The summed E-state index contributed by atoms with van der Waals surface area (Å²) in [7, 11) is 0. The maximum atomic E-state index is 4.38. The first-order valence-corrected chi connectivity index (χ1v) is 7.73. The van der Waals surface area contributed by atoms with Crippen molar-refractivity contribution in [3.05, 3.63) is 16.6 Å². The summed E-state index contributed by atoms with van der Waals surface area (Å²) >= 11 is 1.77. The minimum Gasteiger partial charge on any atom is -0.309 e. The van der Waals surface area contributed by atoms with Crippen LogP contribution in [0.3, 0.4) is 0 Å². The fourth-order valence-corrected chi connectivity index (χ4v) is 3.32. The third kappa shape index (κ3) is 3.53. The van der Waals surface area contributed by atoms with Crippen molar-refractivity contribution in [3.63, 3.8) is 0 Å². The zero-order valence-corrected chi connectivity index (χ0v) is 12.8. The van der Waals surface area contributed by atoms with E-state index < -0.39 is 0 Å². The molecule has 1 aromatic rings. The summed E-state index contributed by atoms with van der Waals surface area (Å²) in [5.41, 5.74) is 0.230. The van der Waals surface area contributed by atoms with Crippen molar-refractivity contribution in [1.82, 2.24) is 15.2 Å². The van der Waals surface area contributed by atoms with Gasteiger partial charge in [0.25, 0.3) is 0 Å². The molecule has 1 fully saturated rings. The van der Waals surface area contributed by atoms with Gasteiger partial charge in [-0.3, -0.25) is 4.90 Å². The molecule has 1 saturated heterocycles. The first-order chi connectivity index (χ1) is 8.48. The molecule has 3 nitrogen and oxygen atoms in total. The van der Waals surface area contributed by atoms with Crippen molar-refractivity contribution >= 4 is 11.3 Å². The van der Waals surface area contributed by atoms with Crippen molar-refractivity contribution < 1.29 is 0 Å². The van der Waals surface area contributed by atoms with Crippen LogP contribution in [-0.4, -0.2) is 41.1 Å². The average Bonchev–Trinajstić information content (AvgIpc) is 2.77. The number of piperazine rings is 1. The SMILES string of the molecule is CC(C)C1CNC(C)(C)CN1CCc1nccs1. The predicted octanol–water partition coefficient (Wildman–Crippen LogP) is 2.39. The van der Waals surface area contributed by atoms with Crippen LogP contribution in [0.1, 0.15) is 32.7 Å². The molecule has 1 atom stereocenters. The Labute approximate surface area is 115 Å². The number of hydrogen-bond donors (Lipinski definition) is 1. The molecule has 2 heterocycles. The fourth-order valence-electron chi connectivity index (χ4n) is 2.71. The Kier molecular flexibility index (Phi) is 4.41. The van der Waals surface area contributed by atoms with E-state index in [1.807, 2.05) is 6.20 Å². The van der Waals surface area contributed by atoms with Gasteiger partial charge in [0.15, 0.2) is 0 Å². The van der Waals surface area contributed by atoms with Crippen molar-refractivity contribution in [2.24, 2.45) is 5.92 Å². The Morgan fingerprint density at radius 1 is 1.56 bits per heavy atom. The van der Waals surface area contributed by atoms with Gasteiger partial charge in [0.05, 0.1) is 5.01 Å². The molecule has 4 heteroatoms. The Morgan fingerprint density at radius 3 is 2.94 bits per heavy atom. The minimum absolute atomic E-state index is 0.230. The van der Waals surface area contributed by atoms with E-state index in [1.54, 1.807) is 11.3 Å². The molecule has 18 heavy (non-hydrogen) atoms. The predicted molar refractivity (Wildman–Crippen MR) is 78.1 cm³/mol. The number of nitrogens with one attached hydrogen (secondary N) is 1. The van der Waals surface area contributed by atoms with Crippen molar-refractivity contribution in [2.45, 2.75) is 45.7 Å². The van der Waals surface area contributed by atoms with Gasteiger partial charge >= 0.3 is 0 Å². The second-order valence-electron chi connectivity index (χ2n) is 6.22. The number of aromatic nitrogens is 1. The van der Waals surface area contributed by atoms with E-state index in [4.69, 9.17) is 0 Å². The molecule has 102 valence electrons. The Hall–Kier alpha value is -0.450. The quantitative estimate of drug-likeness (QED) is 0.908. The molecule has 1 aromatic heterocycles. The standard InChI is InChI=1S/C14H25N3S/c1-11(2)12-9-16-14(3,4)10-17(12)7-5-13-15-6-8-18-13/h6,8,11-12,16H,5,7,9-10H2,1-4H3. The molecule has 0 aromatic carbocycles. The molecule has 0 saturated carbocycles. The van der Waals surface area contributed by atoms with Crippen LogP contribution in [0.4, 0.5) is 0 Å². The van der Waals surface area contributed by atoms with Crippen LogP contribution >= 0.6 is 11.3 Å². The molecular formula is C14H25N3S. The Balaban J connectivity index is 1.96. The molecule has 1 unspecified atom stereocenters. The first kappa shape index (κ1) is 14.0. The Bertz CT molecular complexity index is 359. The Morgan fingerprint density at radius 2 is 2.33 bits per heavy atom. The molecular weight excluding hydrogens is 242 g/mol. The highest BCUT2D eigenvalue weighted by Crippen LogP contribution is 2.20. The van der Waals surface area contributed by atoms with Gasteiger partial charge in [0.2, 0.25) is 0 Å². The summed E-state index contributed by atoms with van der Waals surface area (Å²) in [6, 6.07) is 0.651. The smallest absolute Gasteiger partial charge is 0.0937 e. The number of thiazole rings is 1. The highest BCUT2D eigenvalue weighted by molar-refractivity contribution is 7.09. The van der Waals surface area contributed by atoms with Crippen molar-refractivity contribution in [1.29, 1.82) is 0 Å². The highest BCUT2D eigenvalue weighted by Gasteiger charge is 2.33. The lowest BCUT2D eigenvalue weighted by atomic mass is 9.93. The van der Waals surface area contributed by atoms with Crippen LogP contribution in [0.25, 0.3) is 0 Å². The van der Waals surface area contributed by atoms with Crippen LogP contribution in [0, 0.1) is 5.92 Å². The van der Waals surface area contributed by atoms with Crippen LogP contribution in [0.2, 0.25) is 0 Å². The lowest BCUT2D eigenvalue weighted by Gasteiger charge is -2.46. The summed E-state index contributed by atoms with van der Waals surface area (Å²) < 4.78 is 0. The lowest BCUT2D eigenvalue weighted by molar-refractivity contribution is 0.0705. The topological polar surface area (TPSA) is 28.2 Å². The van der Waals surface area contributed by atoms with Gasteiger partial charge in [-0.05, 0) is 19.8 Å². The lowest BCUT2D eigenvalue weighted by Crippen LogP contribution is -2.63. The zero-order valence-electron chi connectivity index (χ0n) is 11.9. The first-order valence-electron chi connectivity index (χ1n) is 6.85. The third-order valence-electron chi connectivity index (χ3n) is 3.72. The van der Waals surface area contributed by atoms with Gasteiger partial charge < -0.3 is 5.32 Å². The third-order valence-corrected chi connectivity index (χ3v) is 4.56. The second kappa shape index (κ2) is 5.68. The summed E-state index contributed by atoms with van der Waals surface area (Å²) in [5, 5.41) is 6.98. The normalized spacial score (nSPS) is 24.6. The summed E-state index contributed by atoms with van der Waals surface area (Å²) in [6.45, 7) is 12.6. The average molecular weight is 267 g/mol. The van der Waals surface area contributed by atoms with E-state index in [-0.39, 0.29) is 5.54 Å². The van der Waals surface area contributed by atoms with Gasteiger partial charge in [-0.1, -0.05) is 13.8 Å². The molecule has 0 spiro atoms. The molecule has 1 aliphatic heterocycles. The van der Waals surface area contributed by atoms with E-state index in [0.717, 1.165) is 26.1 Å². The number of rotatable bonds is 4. The second-order valence-corrected chi connectivity index (χ2v) is 7.20. The fraction of sp³-hybridized carbons (Fsp3) is 0.786. The maximum absolute atomic E-state index is 4.38. The summed E-state index contributed by atoms with van der Waals surface area (Å²) in [5.74, 6) is 0.699. The van der Waals surface area contributed by atoms with E-state index >= 15 is 0 Å². The van der Waals surface area contributed by atoms with Crippen molar-refractivity contribution in [3.8, 4) is 0 Å². The van der Waals surface area contributed by atoms with Gasteiger partial charge in [-0.2, -0.15) is 0 Å². The molecule has 1 N–H and O–H groups in total. The zero-order chi connectivity index (χ0) is 13.2. The number of hydrogen-bond acceptors (Lipinski definition) is 4. The van der Waals surface area contributed by atoms with E-state index in [2.05, 4.69) is 48.3 Å². The van der Waals surface area contributed by atoms with Gasteiger partial charge in [0, 0.05) is 49.2 Å². The molecule has 0 aliphatic carbocycles. The van der Waals surface area contributed by atoms with E-state index in [9.17, 15) is 0 Å². The van der Waals surface area contributed by atoms with Crippen LogP contribution in [0.15, 0.2) is 11.6 Å². The maximum Gasteiger partial charge on any atom is 0.0937 e. The van der Waals surface area contributed by atoms with Crippen molar-refractivity contribution in [2.75, 3.05) is 19.6 Å². The molecule has 1 aliphatic rings. The highest BCUT2D eigenvalue weighted by atomic mass is 32.1. The van der Waals surface area contributed by atoms with Gasteiger partial charge in [0.1, 0.15) is 0 Å². The monoisotopic (exact) mass is 267 g/mol. The van der Waals surface area contributed by atoms with Gasteiger partial charge in [-0.25, -0.2) is 4.98 Å². The van der Waals surface area contributed by atoms with Gasteiger partial charge in [-0.15, -0.1) is 11.3 Å². The molecule has 0 bridgehead atoms. The van der Waals surface area contributed by atoms with Crippen LogP contribution < -0.4 is 5.32 Å². The van der Waals surface area contributed by atoms with Crippen LogP contribution in [0.5, 0.6) is 0 Å². The van der Waals surface area contributed by atoms with E-state index in [1.165, 1.54) is 5.01 Å². The summed E-state index contributed by atoms with van der Waals surface area (Å²) in [6.07, 6.45) is 2.98. The van der Waals surface area contributed by atoms with Crippen LogP contribution in [-0.2, 0) is 6.42 Å². The molecule has 2 rings (SSSR count). The number of nitrogens with zero attached hydrogens (tertiary/aromatic N) is 2.